The number of aromatic nitrogens is 1. The first kappa shape index (κ1) is 17.2. The fourth-order valence-electron chi connectivity index (χ4n) is 2.30. The van der Waals surface area contributed by atoms with Gasteiger partial charge in [-0.2, -0.15) is 0 Å². The highest BCUT2D eigenvalue weighted by Crippen LogP contribution is 2.23. The highest BCUT2D eigenvalue weighted by atomic mass is 32.2. The summed E-state index contributed by atoms with van der Waals surface area (Å²) in [7, 11) is -3.51. The lowest BCUT2D eigenvalue weighted by Gasteiger charge is -2.34. The van der Waals surface area contributed by atoms with Gasteiger partial charge in [0.2, 0.25) is 0 Å². The molecule has 1 aromatic heterocycles. The summed E-state index contributed by atoms with van der Waals surface area (Å²) in [4.78, 5) is 20.4. The maximum Gasteiger partial charge on any atom is 0.318 e. The van der Waals surface area contributed by atoms with E-state index in [1.807, 2.05) is 6.20 Å². The van der Waals surface area contributed by atoms with Crippen LogP contribution in [0.25, 0.3) is 0 Å². The van der Waals surface area contributed by atoms with Gasteiger partial charge in [0.05, 0.1) is 5.75 Å². The summed E-state index contributed by atoms with van der Waals surface area (Å²) in [5.74, 6) is -2.18. The third-order valence-electron chi connectivity index (χ3n) is 3.59. The summed E-state index contributed by atoms with van der Waals surface area (Å²) in [6.07, 6.45) is 2.89. The number of hydrogen-bond acceptors (Lipinski definition) is 7. The number of nitrogens with zero attached hydrogens (tertiary/aromatic N) is 3. The van der Waals surface area contributed by atoms with Crippen LogP contribution in [0.4, 0.5) is 5.13 Å². The number of rotatable bonds is 7. The van der Waals surface area contributed by atoms with Crippen LogP contribution in [0.5, 0.6) is 0 Å². The lowest BCUT2D eigenvalue weighted by Crippen LogP contribution is -2.47. The second-order valence-corrected chi connectivity index (χ2v) is 8.55. The number of aliphatic carboxylic acids is 1. The molecule has 0 unspecified atom stereocenters. The predicted octanol–water partition coefficient (Wildman–Crippen LogP) is 0.327. The Morgan fingerprint density at radius 1 is 1.36 bits per heavy atom. The van der Waals surface area contributed by atoms with E-state index in [2.05, 4.69) is 21.7 Å². The first-order valence-corrected chi connectivity index (χ1v) is 9.87. The summed E-state index contributed by atoms with van der Waals surface area (Å²) >= 11 is 1.70. The van der Waals surface area contributed by atoms with Crippen LogP contribution in [0.3, 0.4) is 0 Å². The Bertz CT molecular complexity index is 607. The van der Waals surface area contributed by atoms with Gasteiger partial charge in [-0.3, -0.25) is 9.69 Å². The zero-order chi connectivity index (χ0) is 16.2. The number of hydrogen-bond donors (Lipinski definition) is 1. The van der Waals surface area contributed by atoms with Gasteiger partial charge in [-0.05, 0) is 6.42 Å². The van der Waals surface area contributed by atoms with Crippen molar-refractivity contribution in [3.8, 4) is 0 Å². The van der Waals surface area contributed by atoms with Crippen LogP contribution < -0.4 is 4.90 Å². The predicted molar refractivity (Wildman–Crippen MR) is 86.4 cm³/mol. The van der Waals surface area contributed by atoms with E-state index >= 15 is 0 Å². The van der Waals surface area contributed by atoms with Crippen molar-refractivity contribution in [3.63, 3.8) is 0 Å². The molecule has 0 aliphatic carbocycles. The molecular weight excluding hydrogens is 326 g/mol. The molecular formula is C13H21N3O4S2. The number of anilines is 1. The Hall–Kier alpha value is -1.19. The molecule has 0 amide bonds. The smallest absolute Gasteiger partial charge is 0.318 e. The van der Waals surface area contributed by atoms with E-state index in [0.29, 0.717) is 6.54 Å². The van der Waals surface area contributed by atoms with Gasteiger partial charge in [0, 0.05) is 43.8 Å². The topological polar surface area (TPSA) is 90.8 Å². The van der Waals surface area contributed by atoms with Crippen molar-refractivity contribution >= 4 is 32.3 Å². The molecule has 0 aromatic carbocycles. The van der Waals surface area contributed by atoms with Crippen molar-refractivity contribution in [2.75, 3.05) is 49.1 Å². The van der Waals surface area contributed by atoms with Crippen molar-refractivity contribution in [1.29, 1.82) is 0 Å². The van der Waals surface area contributed by atoms with Crippen molar-refractivity contribution in [2.24, 2.45) is 0 Å². The van der Waals surface area contributed by atoms with Crippen LogP contribution in [0, 0.1) is 0 Å². The minimum absolute atomic E-state index is 0.101. The van der Waals surface area contributed by atoms with Gasteiger partial charge in [0.15, 0.2) is 15.0 Å². The number of thiazole rings is 1. The van der Waals surface area contributed by atoms with E-state index in [4.69, 9.17) is 5.11 Å². The molecule has 1 saturated heterocycles. The third-order valence-corrected chi connectivity index (χ3v) is 6.29. The van der Waals surface area contributed by atoms with E-state index < -0.39 is 21.6 Å². The minimum Gasteiger partial charge on any atom is -0.480 e. The molecule has 2 rings (SSSR count). The largest absolute Gasteiger partial charge is 0.480 e. The molecule has 1 aliphatic heterocycles. The molecule has 1 N–H and O–H groups in total. The molecule has 22 heavy (non-hydrogen) atoms. The van der Waals surface area contributed by atoms with E-state index in [0.717, 1.165) is 37.7 Å². The lowest BCUT2D eigenvalue weighted by atomic mass is 10.3. The zero-order valence-electron chi connectivity index (χ0n) is 12.6. The zero-order valence-corrected chi connectivity index (χ0v) is 14.2. The van der Waals surface area contributed by atoms with Crippen LogP contribution >= 0.6 is 11.3 Å². The molecule has 1 fully saturated rings. The number of carboxylic acid groups (broad SMARTS) is 1. The summed E-state index contributed by atoms with van der Waals surface area (Å²) < 4.78 is 23.2. The Kier molecular flexibility index (Phi) is 5.76. The normalized spacial score (nSPS) is 16.9. The van der Waals surface area contributed by atoms with Crippen molar-refractivity contribution in [1.82, 2.24) is 9.88 Å². The highest BCUT2D eigenvalue weighted by Gasteiger charge is 2.22. The highest BCUT2D eigenvalue weighted by molar-refractivity contribution is 7.92. The molecule has 0 saturated carbocycles. The summed E-state index contributed by atoms with van der Waals surface area (Å²) in [5, 5.41) is 9.59. The number of piperazine rings is 1. The minimum atomic E-state index is -3.51. The molecule has 124 valence electrons. The second kappa shape index (κ2) is 7.38. The SMILES string of the molecule is CCc1cnc(N2CCN(CCS(=O)(=O)CC(=O)O)CC2)s1. The first-order chi connectivity index (χ1) is 10.4. The Labute approximate surface area is 134 Å². The van der Waals surface area contributed by atoms with Crippen molar-refractivity contribution < 1.29 is 18.3 Å². The van der Waals surface area contributed by atoms with E-state index in [9.17, 15) is 13.2 Å². The van der Waals surface area contributed by atoms with Crippen LogP contribution in [-0.2, 0) is 21.1 Å². The monoisotopic (exact) mass is 347 g/mol. The molecule has 7 nitrogen and oxygen atoms in total. The van der Waals surface area contributed by atoms with Gasteiger partial charge in [-0.15, -0.1) is 11.3 Å². The average Bonchev–Trinajstić information content (AvgIpc) is 2.93. The summed E-state index contributed by atoms with van der Waals surface area (Å²) in [5.41, 5.74) is 0. The van der Waals surface area contributed by atoms with Crippen LogP contribution in [0.15, 0.2) is 6.20 Å². The van der Waals surface area contributed by atoms with Crippen molar-refractivity contribution in [2.45, 2.75) is 13.3 Å². The fourth-order valence-corrected chi connectivity index (χ4v) is 4.26. The van der Waals surface area contributed by atoms with Crippen LogP contribution in [0.2, 0.25) is 0 Å². The quantitative estimate of drug-likeness (QED) is 0.760. The van der Waals surface area contributed by atoms with Crippen LogP contribution in [-0.4, -0.2) is 73.6 Å². The molecule has 1 aliphatic rings. The lowest BCUT2D eigenvalue weighted by molar-refractivity contribution is -0.134. The number of sulfone groups is 1. The van der Waals surface area contributed by atoms with Gasteiger partial charge in [0.1, 0.15) is 5.75 Å². The first-order valence-electron chi connectivity index (χ1n) is 7.24. The molecule has 0 spiro atoms. The molecule has 9 heteroatoms. The van der Waals surface area contributed by atoms with E-state index in [1.54, 1.807) is 11.3 Å². The number of aryl methyl sites for hydroxylation is 1. The summed E-state index contributed by atoms with van der Waals surface area (Å²) in [6.45, 7) is 5.66. The van der Waals surface area contributed by atoms with Gasteiger partial charge in [-0.25, -0.2) is 13.4 Å². The molecule has 2 heterocycles. The van der Waals surface area contributed by atoms with Gasteiger partial charge < -0.3 is 10.0 Å². The van der Waals surface area contributed by atoms with E-state index in [-0.39, 0.29) is 5.75 Å². The molecule has 1 aromatic rings. The van der Waals surface area contributed by atoms with Gasteiger partial charge >= 0.3 is 5.97 Å². The van der Waals surface area contributed by atoms with E-state index in [1.165, 1.54) is 4.88 Å². The maximum absolute atomic E-state index is 11.6. The fraction of sp³-hybridized carbons (Fsp3) is 0.692. The van der Waals surface area contributed by atoms with Gasteiger partial charge in [0.25, 0.3) is 0 Å². The van der Waals surface area contributed by atoms with Crippen LogP contribution in [0.1, 0.15) is 11.8 Å². The average molecular weight is 347 g/mol. The molecule has 0 bridgehead atoms. The maximum atomic E-state index is 11.6. The Morgan fingerprint density at radius 2 is 2.05 bits per heavy atom. The number of carboxylic acids is 1. The Balaban J connectivity index is 1.79. The van der Waals surface area contributed by atoms with Gasteiger partial charge in [-0.1, -0.05) is 6.92 Å². The third kappa shape index (κ3) is 4.92. The summed E-state index contributed by atoms with van der Waals surface area (Å²) in [6, 6.07) is 0. The number of carbonyl (C=O) groups is 1. The Morgan fingerprint density at radius 3 is 2.59 bits per heavy atom. The molecule has 0 radical (unpaired) electrons. The molecule has 0 atom stereocenters. The standard InChI is InChI=1S/C13H21N3O4S2/c1-2-11-9-14-13(21-11)16-5-3-15(4-6-16)7-8-22(19,20)10-12(17)18/h9H,2-8,10H2,1H3,(H,17,18). The van der Waals surface area contributed by atoms with Crippen molar-refractivity contribution in [3.05, 3.63) is 11.1 Å². The second-order valence-electron chi connectivity index (χ2n) is 5.28.